The minimum absolute atomic E-state index is 0.0801. The topological polar surface area (TPSA) is 62.9 Å². The molecule has 2 aliphatic heterocycles. The monoisotopic (exact) mass is 269 g/mol. The zero-order chi connectivity index (χ0) is 13.4. The van der Waals surface area contributed by atoms with E-state index in [-0.39, 0.29) is 30.2 Å². The van der Waals surface area contributed by atoms with E-state index in [1.807, 2.05) is 0 Å². The summed E-state index contributed by atoms with van der Waals surface area (Å²) in [6, 6.07) is 4.04. The number of benzene rings is 1. The fraction of sp³-hybridized carbons (Fsp3) is 0.538. The second-order valence-electron chi connectivity index (χ2n) is 4.71. The first-order valence-corrected chi connectivity index (χ1v) is 6.16. The molecule has 104 valence electrons. The summed E-state index contributed by atoms with van der Waals surface area (Å²) in [6.07, 6.45) is -0.713. The van der Waals surface area contributed by atoms with Crippen LogP contribution < -0.4 is 10.5 Å². The van der Waals surface area contributed by atoms with Gasteiger partial charge in [-0.2, -0.15) is 0 Å². The molecule has 0 spiro atoms. The van der Waals surface area contributed by atoms with E-state index < -0.39 is 0 Å². The molecule has 1 aromatic rings. The van der Waals surface area contributed by atoms with Gasteiger partial charge in [-0.05, 0) is 12.1 Å². The lowest BCUT2D eigenvalue weighted by molar-refractivity contribution is -0.0138. The van der Waals surface area contributed by atoms with Gasteiger partial charge in [0.05, 0.1) is 18.9 Å². The largest absolute Gasteiger partial charge is 0.483 e. The zero-order valence-corrected chi connectivity index (χ0v) is 10.5. The van der Waals surface area contributed by atoms with E-state index in [1.54, 1.807) is 7.11 Å². The number of hydrogen-bond donors (Lipinski definition) is 1. The Balaban J connectivity index is 1.73. The SMILES string of the molecule is CO[C@@H]1CO[C@H]2[C@@H]1OC[C@H]2Oc1cc(F)ccc1N. The van der Waals surface area contributed by atoms with Gasteiger partial charge in [-0.3, -0.25) is 0 Å². The van der Waals surface area contributed by atoms with Crippen LogP contribution in [0.1, 0.15) is 0 Å². The predicted molar refractivity (Wildman–Crippen MR) is 65.5 cm³/mol. The third kappa shape index (κ3) is 2.27. The van der Waals surface area contributed by atoms with E-state index in [0.29, 0.717) is 24.7 Å². The van der Waals surface area contributed by atoms with E-state index in [1.165, 1.54) is 18.2 Å². The lowest BCUT2D eigenvalue weighted by atomic mass is 10.1. The van der Waals surface area contributed by atoms with Crippen molar-refractivity contribution in [3.05, 3.63) is 24.0 Å². The lowest BCUT2D eigenvalue weighted by Crippen LogP contribution is -2.35. The minimum Gasteiger partial charge on any atom is -0.483 e. The second-order valence-corrected chi connectivity index (χ2v) is 4.71. The Morgan fingerprint density at radius 2 is 1.89 bits per heavy atom. The third-order valence-electron chi connectivity index (χ3n) is 3.52. The quantitative estimate of drug-likeness (QED) is 0.828. The maximum absolute atomic E-state index is 13.2. The maximum Gasteiger partial charge on any atom is 0.151 e. The number of rotatable bonds is 3. The maximum atomic E-state index is 13.2. The molecule has 2 fully saturated rings. The Bertz CT molecular complexity index is 470. The van der Waals surface area contributed by atoms with Gasteiger partial charge in [0.15, 0.2) is 6.10 Å². The standard InChI is InChI=1S/C13H16FNO4/c1-16-10-5-17-13-11(6-18-12(10)13)19-9-4-7(14)2-3-8(9)15/h2-4,10-13H,5-6,15H2,1H3/t10-,11-,12-,13-/m1/s1. The minimum atomic E-state index is -0.387. The smallest absolute Gasteiger partial charge is 0.151 e. The van der Waals surface area contributed by atoms with Crippen LogP contribution >= 0.6 is 0 Å². The number of nitrogen functional groups attached to an aromatic ring is 1. The van der Waals surface area contributed by atoms with Crippen LogP contribution in [0.3, 0.4) is 0 Å². The highest BCUT2D eigenvalue weighted by molar-refractivity contribution is 5.52. The first-order chi connectivity index (χ1) is 9.19. The predicted octanol–water partition coefficient (Wildman–Crippen LogP) is 0.968. The molecule has 5 nitrogen and oxygen atoms in total. The number of nitrogens with two attached hydrogens (primary N) is 1. The van der Waals surface area contributed by atoms with Crippen molar-refractivity contribution < 1.29 is 23.3 Å². The lowest BCUT2D eigenvalue weighted by Gasteiger charge is -2.19. The first-order valence-electron chi connectivity index (χ1n) is 6.16. The summed E-state index contributed by atoms with van der Waals surface area (Å²) in [7, 11) is 1.62. The van der Waals surface area contributed by atoms with E-state index in [0.717, 1.165) is 0 Å². The molecule has 0 amide bonds. The van der Waals surface area contributed by atoms with E-state index in [4.69, 9.17) is 24.7 Å². The first kappa shape index (κ1) is 12.7. The van der Waals surface area contributed by atoms with Crippen molar-refractivity contribution in [2.24, 2.45) is 0 Å². The van der Waals surface area contributed by atoms with Gasteiger partial charge in [-0.1, -0.05) is 0 Å². The molecule has 6 heteroatoms. The molecule has 2 aliphatic rings. The molecule has 2 N–H and O–H groups in total. The second kappa shape index (κ2) is 4.96. The van der Waals surface area contributed by atoms with Crippen molar-refractivity contribution in [2.75, 3.05) is 26.1 Å². The summed E-state index contributed by atoms with van der Waals surface area (Å²) in [5, 5.41) is 0. The van der Waals surface area contributed by atoms with Crippen molar-refractivity contribution in [1.82, 2.24) is 0 Å². The summed E-state index contributed by atoms with van der Waals surface area (Å²) in [4.78, 5) is 0. The van der Waals surface area contributed by atoms with Crippen LogP contribution in [0.4, 0.5) is 10.1 Å². The van der Waals surface area contributed by atoms with Crippen molar-refractivity contribution in [3.8, 4) is 5.75 Å². The van der Waals surface area contributed by atoms with Gasteiger partial charge in [0.1, 0.15) is 29.9 Å². The molecule has 0 aliphatic carbocycles. The fourth-order valence-electron chi connectivity index (χ4n) is 2.51. The Morgan fingerprint density at radius 1 is 1.21 bits per heavy atom. The summed E-state index contributed by atoms with van der Waals surface area (Å²) in [5.41, 5.74) is 6.15. The van der Waals surface area contributed by atoms with Crippen LogP contribution in [0, 0.1) is 5.82 Å². The molecular weight excluding hydrogens is 253 g/mol. The number of anilines is 1. The number of halogens is 1. The van der Waals surface area contributed by atoms with Gasteiger partial charge >= 0.3 is 0 Å². The number of methoxy groups -OCH3 is 1. The van der Waals surface area contributed by atoms with Crippen LogP contribution in [0.25, 0.3) is 0 Å². The van der Waals surface area contributed by atoms with Crippen LogP contribution in [-0.4, -0.2) is 44.7 Å². The molecule has 3 rings (SSSR count). The van der Waals surface area contributed by atoms with Gasteiger partial charge in [-0.15, -0.1) is 0 Å². The van der Waals surface area contributed by atoms with Crippen LogP contribution in [0.15, 0.2) is 18.2 Å². The van der Waals surface area contributed by atoms with Crippen molar-refractivity contribution >= 4 is 5.69 Å². The van der Waals surface area contributed by atoms with E-state index >= 15 is 0 Å². The molecule has 4 atom stereocenters. The van der Waals surface area contributed by atoms with Crippen molar-refractivity contribution in [3.63, 3.8) is 0 Å². The summed E-state index contributed by atoms with van der Waals surface area (Å²) in [5.74, 6) is -0.0690. The molecule has 19 heavy (non-hydrogen) atoms. The van der Waals surface area contributed by atoms with Gasteiger partial charge in [0.25, 0.3) is 0 Å². The van der Waals surface area contributed by atoms with E-state index in [9.17, 15) is 4.39 Å². The summed E-state index contributed by atoms with van der Waals surface area (Å²) in [6.45, 7) is 0.857. The molecule has 2 saturated heterocycles. The summed E-state index contributed by atoms with van der Waals surface area (Å²) >= 11 is 0. The van der Waals surface area contributed by atoms with Gasteiger partial charge < -0.3 is 24.7 Å². The summed E-state index contributed by atoms with van der Waals surface area (Å²) < 4.78 is 35.4. The highest BCUT2D eigenvalue weighted by atomic mass is 19.1. The molecule has 0 saturated carbocycles. The number of fused-ring (bicyclic) bond motifs is 1. The van der Waals surface area contributed by atoms with Gasteiger partial charge in [0, 0.05) is 13.2 Å². The highest BCUT2D eigenvalue weighted by Crippen LogP contribution is 2.32. The molecule has 2 heterocycles. The highest BCUT2D eigenvalue weighted by Gasteiger charge is 2.49. The third-order valence-corrected chi connectivity index (χ3v) is 3.52. The van der Waals surface area contributed by atoms with Gasteiger partial charge in [0.2, 0.25) is 0 Å². The molecule has 0 radical (unpaired) electrons. The zero-order valence-electron chi connectivity index (χ0n) is 10.5. The Hall–Kier alpha value is -1.37. The van der Waals surface area contributed by atoms with E-state index in [2.05, 4.69) is 0 Å². The van der Waals surface area contributed by atoms with Crippen molar-refractivity contribution in [2.45, 2.75) is 24.4 Å². The fourth-order valence-corrected chi connectivity index (χ4v) is 2.51. The van der Waals surface area contributed by atoms with Crippen LogP contribution in [0.5, 0.6) is 5.75 Å². The Morgan fingerprint density at radius 3 is 2.63 bits per heavy atom. The Labute approximate surface area is 110 Å². The molecule has 0 aromatic heterocycles. The molecule has 0 bridgehead atoms. The number of hydrogen-bond acceptors (Lipinski definition) is 5. The average molecular weight is 269 g/mol. The molecular formula is C13H16FNO4. The average Bonchev–Trinajstić information content (AvgIpc) is 2.96. The normalized spacial score (nSPS) is 33.4. The Kier molecular flexibility index (Phi) is 3.30. The number of ether oxygens (including phenoxy) is 4. The van der Waals surface area contributed by atoms with Gasteiger partial charge in [-0.25, -0.2) is 4.39 Å². The molecule has 0 unspecified atom stereocenters. The van der Waals surface area contributed by atoms with Crippen molar-refractivity contribution in [1.29, 1.82) is 0 Å². The van der Waals surface area contributed by atoms with Crippen LogP contribution in [-0.2, 0) is 14.2 Å². The van der Waals surface area contributed by atoms with Crippen LogP contribution in [0.2, 0.25) is 0 Å². The molecule has 1 aromatic carbocycles.